The van der Waals surface area contributed by atoms with Gasteiger partial charge in [0.2, 0.25) is 5.95 Å². The van der Waals surface area contributed by atoms with Crippen molar-refractivity contribution in [2.24, 2.45) is 0 Å². The summed E-state index contributed by atoms with van der Waals surface area (Å²) in [6.45, 7) is 4.37. The Hall–Kier alpha value is -3.83. The number of aromatic nitrogens is 4. The van der Waals surface area contributed by atoms with Gasteiger partial charge in [0, 0.05) is 54.9 Å². The number of hydrogen-bond acceptors (Lipinski definition) is 9. The van der Waals surface area contributed by atoms with E-state index < -0.39 is 0 Å². The molecule has 3 aromatic rings. The van der Waals surface area contributed by atoms with E-state index in [9.17, 15) is 9.90 Å². The number of morpholine rings is 1. The summed E-state index contributed by atoms with van der Waals surface area (Å²) < 4.78 is 5.58. The molecule has 1 aliphatic carbocycles. The largest absolute Gasteiger partial charge is 0.393 e. The van der Waals surface area contributed by atoms with Crippen LogP contribution < -0.4 is 20.4 Å². The summed E-state index contributed by atoms with van der Waals surface area (Å²) >= 11 is 0. The molecule has 37 heavy (non-hydrogen) atoms. The van der Waals surface area contributed by atoms with Crippen molar-refractivity contribution in [2.75, 3.05) is 48.0 Å². The average molecular weight is 503 g/mol. The lowest BCUT2D eigenvalue weighted by molar-refractivity contribution is 0.0671. The predicted octanol–water partition coefficient (Wildman–Crippen LogP) is 1.98. The summed E-state index contributed by atoms with van der Waals surface area (Å²) in [5.41, 5.74) is 3.71. The molecule has 2 amide bonds. The first-order valence-electron chi connectivity index (χ1n) is 12.7. The molecule has 1 saturated carbocycles. The standard InChI is InChI=1S/C26H30N8O3/c35-20-14-19(15-20)30-26(36)29-18-4-2-17(3-5-18)23-31-22-16-34(25-27-7-1-8-28-25)9-6-21(22)24(32-23)33-10-12-37-13-11-33/h1-5,7-8,19-20,35H,6,9-16H2,(H2,29,30,36). The number of benzene rings is 1. The Morgan fingerprint density at radius 1 is 1.00 bits per heavy atom. The van der Waals surface area contributed by atoms with Gasteiger partial charge in [-0.3, -0.25) is 0 Å². The molecule has 3 aliphatic rings. The molecule has 1 aromatic carbocycles. The number of nitrogens with one attached hydrogen (secondary N) is 2. The zero-order valence-electron chi connectivity index (χ0n) is 20.5. The van der Waals surface area contributed by atoms with Crippen molar-refractivity contribution in [3.05, 3.63) is 54.0 Å². The van der Waals surface area contributed by atoms with Crippen molar-refractivity contribution < 1.29 is 14.6 Å². The zero-order chi connectivity index (χ0) is 25.2. The van der Waals surface area contributed by atoms with E-state index in [4.69, 9.17) is 14.7 Å². The van der Waals surface area contributed by atoms with E-state index in [-0.39, 0.29) is 18.2 Å². The monoisotopic (exact) mass is 502 g/mol. The van der Waals surface area contributed by atoms with Crippen LogP contribution in [0.15, 0.2) is 42.7 Å². The van der Waals surface area contributed by atoms with Gasteiger partial charge < -0.3 is 30.3 Å². The summed E-state index contributed by atoms with van der Waals surface area (Å²) in [6, 6.07) is 9.13. The van der Waals surface area contributed by atoms with Crippen LogP contribution in [0.4, 0.5) is 22.2 Å². The van der Waals surface area contributed by atoms with Gasteiger partial charge in [-0.15, -0.1) is 0 Å². The number of anilines is 3. The average Bonchev–Trinajstić information content (AvgIpc) is 2.92. The zero-order valence-corrected chi connectivity index (χ0v) is 20.5. The molecule has 0 atom stereocenters. The van der Waals surface area contributed by atoms with E-state index >= 15 is 0 Å². The van der Waals surface area contributed by atoms with Crippen molar-refractivity contribution in [3.63, 3.8) is 0 Å². The Balaban J connectivity index is 1.25. The summed E-state index contributed by atoms with van der Waals surface area (Å²) in [5, 5.41) is 15.1. The van der Waals surface area contributed by atoms with Crippen molar-refractivity contribution in [3.8, 4) is 11.4 Å². The smallest absolute Gasteiger partial charge is 0.319 e. The molecule has 192 valence electrons. The molecular formula is C26H30N8O3. The number of rotatable bonds is 5. The van der Waals surface area contributed by atoms with Gasteiger partial charge in [-0.25, -0.2) is 24.7 Å². The number of carbonyl (C=O) groups excluding carboxylic acids is 1. The number of carbonyl (C=O) groups is 1. The Kier molecular flexibility index (Phi) is 6.54. The van der Waals surface area contributed by atoms with E-state index in [0.717, 1.165) is 43.1 Å². The maximum atomic E-state index is 12.2. The number of nitrogens with zero attached hydrogens (tertiary/aromatic N) is 6. The maximum absolute atomic E-state index is 12.2. The highest BCUT2D eigenvalue weighted by atomic mass is 16.5. The molecule has 0 radical (unpaired) electrons. The number of amides is 2. The van der Waals surface area contributed by atoms with Crippen LogP contribution in [0.25, 0.3) is 11.4 Å². The Bertz CT molecular complexity index is 1240. The molecular weight excluding hydrogens is 472 g/mol. The molecule has 2 aromatic heterocycles. The molecule has 1 saturated heterocycles. The topological polar surface area (TPSA) is 129 Å². The van der Waals surface area contributed by atoms with Crippen LogP contribution >= 0.6 is 0 Å². The molecule has 6 rings (SSSR count). The third kappa shape index (κ3) is 5.18. The van der Waals surface area contributed by atoms with Gasteiger partial charge in [0.05, 0.1) is 31.6 Å². The summed E-state index contributed by atoms with van der Waals surface area (Å²) in [7, 11) is 0. The SMILES string of the molecule is O=C(Nc1ccc(-c2nc3c(c(N4CCOCC4)n2)CCN(c2ncccn2)C3)cc1)NC1CC(O)C1. The molecule has 4 heterocycles. The second kappa shape index (κ2) is 10.3. The van der Waals surface area contributed by atoms with E-state index in [1.165, 1.54) is 5.56 Å². The van der Waals surface area contributed by atoms with Gasteiger partial charge in [0.1, 0.15) is 5.82 Å². The first kappa shape index (κ1) is 23.6. The second-order valence-electron chi connectivity index (χ2n) is 9.61. The van der Waals surface area contributed by atoms with Crippen molar-refractivity contribution in [1.29, 1.82) is 0 Å². The highest BCUT2D eigenvalue weighted by Gasteiger charge is 2.29. The number of fused-ring (bicyclic) bond motifs is 1. The summed E-state index contributed by atoms with van der Waals surface area (Å²) in [6.07, 6.45) is 5.22. The lowest BCUT2D eigenvalue weighted by atomic mass is 9.90. The maximum Gasteiger partial charge on any atom is 0.319 e. The van der Waals surface area contributed by atoms with E-state index in [1.807, 2.05) is 30.3 Å². The Morgan fingerprint density at radius 3 is 2.49 bits per heavy atom. The Labute approximate surface area is 214 Å². The number of hydrogen-bond donors (Lipinski definition) is 3. The van der Waals surface area contributed by atoms with E-state index in [2.05, 4.69) is 30.4 Å². The fourth-order valence-electron chi connectivity index (χ4n) is 4.96. The molecule has 2 aliphatic heterocycles. The van der Waals surface area contributed by atoms with Gasteiger partial charge in [0.15, 0.2) is 5.82 Å². The fourth-order valence-corrected chi connectivity index (χ4v) is 4.96. The predicted molar refractivity (Wildman–Crippen MR) is 138 cm³/mol. The highest BCUT2D eigenvalue weighted by molar-refractivity contribution is 5.89. The number of urea groups is 1. The molecule has 11 heteroatoms. The van der Waals surface area contributed by atoms with Crippen molar-refractivity contribution >= 4 is 23.5 Å². The van der Waals surface area contributed by atoms with Crippen LogP contribution in [0.3, 0.4) is 0 Å². The fraction of sp³-hybridized carbons (Fsp3) is 0.423. The van der Waals surface area contributed by atoms with Gasteiger partial charge in [-0.1, -0.05) is 0 Å². The highest BCUT2D eigenvalue weighted by Crippen LogP contribution is 2.31. The number of aliphatic hydroxyl groups is 1. The van der Waals surface area contributed by atoms with Crippen molar-refractivity contribution in [2.45, 2.75) is 38.0 Å². The third-order valence-corrected chi connectivity index (χ3v) is 7.04. The Morgan fingerprint density at radius 2 is 1.76 bits per heavy atom. The van der Waals surface area contributed by atoms with Gasteiger partial charge in [-0.05, 0) is 49.6 Å². The first-order chi connectivity index (χ1) is 18.1. The molecule has 0 unspecified atom stereocenters. The van der Waals surface area contributed by atoms with Crippen LogP contribution in [0.2, 0.25) is 0 Å². The van der Waals surface area contributed by atoms with Gasteiger partial charge in [-0.2, -0.15) is 0 Å². The van der Waals surface area contributed by atoms with E-state index in [1.54, 1.807) is 12.4 Å². The minimum absolute atomic E-state index is 0.0256. The van der Waals surface area contributed by atoms with Crippen LogP contribution in [0.1, 0.15) is 24.1 Å². The quantitative estimate of drug-likeness (QED) is 0.480. The number of ether oxygens (including phenoxy) is 1. The van der Waals surface area contributed by atoms with Crippen LogP contribution in [-0.4, -0.2) is 76.1 Å². The molecule has 0 spiro atoms. The molecule has 11 nitrogen and oxygen atoms in total. The minimum atomic E-state index is -0.309. The molecule has 3 N–H and O–H groups in total. The van der Waals surface area contributed by atoms with Crippen molar-refractivity contribution in [1.82, 2.24) is 25.3 Å². The summed E-state index contributed by atoms with van der Waals surface area (Å²) in [5.74, 6) is 2.32. The van der Waals surface area contributed by atoms with Crippen LogP contribution in [0.5, 0.6) is 0 Å². The lowest BCUT2D eigenvalue weighted by Crippen LogP contribution is -2.48. The molecule has 0 bridgehead atoms. The first-order valence-corrected chi connectivity index (χ1v) is 12.7. The second-order valence-corrected chi connectivity index (χ2v) is 9.61. The molecule has 2 fully saturated rings. The normalized spacial score (nSPS) is 21.1. The van der Waals surface area contributed by atoms with Gasteiger partial charge >= 0.3 is 6.03 Å². The minimum Gasteiger partial charge on any atom is -0.393 e. The van der Waals surface area contributed by atoms with Gasteiger partial charge in [0.25, 0.3) is 0 Å². The number of aliphatic hydroxyl groups excluding tert-OH is 1. The third-order valence-electron chi connectivity index (χ3n) is 7.04. The summed E-state index contributed by atoms with van der Waals surface area (Å²) in [4.78, 5) is 35.5. The lowest BCUT2D eigenvalue weighted by Gasteiger charge is -2.34. The van der Waals surface area contributed by atoms with E-state index in [0.29, 0.717) is 50.1 Å². The van der Waals surface area contributed by atoms with Crippen LogP contribution in [-0.2, 0) is 17.7 Å². The van der Waals surface area contributed by atoms with Crippen LogP contribution in [0, 0.1) is 0 Å².